The number of nitrogens with zero attached hydrogens (tertiary/aromatic N) is 2. The van der Waals surface area contributed by atoms with Gasteiger partial charge in [-0.05, 0) is 24.7 Å². The Bertz CT molecular complexity index is 500. The largest absolute Gasteiger partial charge is 0.383 e. The summed E-state index contributed by atoms with van der Waals surface area (Å²) in [6, 6.07) is 7.29. The third-order valence-corrected chi connectivity index (χ3v) is 3.88. The third kappa shape index (κ3) is 9.06. The smallest absolute Gasteiger partial charge is 0.243 e. The molecule has 2 rings (SSSR count). The van der Waals surface area contributed by atoms with Crippen LogP contribution in [0.1, 0.15) is 5.56 Å². The maximum absolute atomic E-state index is 11.9. The van der Waals surface area contributed by atoms with Gasteiger partial charge in [-0.1, -0.05) is 12.1 Å². The standard InChI is InChI=1S/C16H26N4O2.3ClH/c1-19-6-8-20(9-7-19)11-13-4-3-5-14(10-13)18-16(21)15(17)12-22-2;;;/h3-5,10,15H,6-9,11-12,17H2,1-2H3,(H,18,21);3*1H. The number of nitrogens with two attached hydrogens (primary N) is 1. The predicted octanol–water partition coefficient (Wildman–Crippen LogP) is 1.61. The molecule has 0 aliphatic carbocycles. The lowest BCUT2D eigenvalue weighted by molar-refractivity contribution is -0.118. The lowest BCUT2D eigenvalue weighted by Gasteiger charge is -2.32. The molecule has 1 atom stereocenters. The first-order valence-corrected chi connectivity index (χ1v) is 7.63. The van der Waals surface area contributed by atoms with Crippen LogP contribution in [-0.2, 0) is 16.1 Å². The highest BCUT2D eigenvalue weighted by Crippen LogP contribution is 2.14. The number of likely N-dealkylation sites (N-methyl/N-ethyl adjacent to an activating group) is 1. The highest BCUT2D eigenvalue weighted by Gasteiger charge is 2.15. The van der Waals surface area contributed by atoms with E-state index in [1.54, 1.807) is 0 Å². The molecule has 1 fully saturated rings. The molecule has 1 aromatic carbocycles. The number of halogens is 3. The van der Waals surface area contributed by atoms with Crippen molar-refractivity contribution in [3.63, 3.8) is 0 Å². The number of hydrogen-bond donors (Lipinski definition) is 2. The summed E-state index contributed by atoms with van der Waals surface area (Å²) in [5, 5.41) is 2.84. The Morgan fingerprint density at radius 3 is 2.48 bits per heavy atom. The first kappa shape index (κ1) is 26.6. The van der Waals surface area contributed by atoms with E-state index in [2.05, 4.69) is 28.2 Å². The van der Waals surface area contributed by atoms with Gasteiger partial charge in [0.15, 0.2) is 0 Å². The van der Waals surface area contributed by atoms with E-state index in [4.69, 9.17) is 10.5 Å². The maximum atomic E-state index is 11.9. The van der Waals surface area contributed by atoms with Crippen molar-refractivity contribution in [2.24, 2.45) is 5.73 Å². The van der Waals surface area contributed by atoms with E-state index in [1.807, 2.05) is 18.2 Å². The van der Waals surface area contributed by atoms with Gasteiger partial charge in [0.05, 0.1) is 6.61 Å². The molecule has 1 unspecified atom stereocenters. The van der Waals surface area contributed by atoms with Crippen LogP contribution < -0.4 is 11.1 Å². The maximum Gasteiger partial charge on any atom is 0.243 e. The SMILES string of the molecule is COCC(N)C(=O)Nc1cccc(CN2CCN(C)CC2)c1.Cl.Cl.Cl. The van der Waals surface area contributed by atoms with Gasteiger partial charge in [-0.3, -0.25) is 9.69 Å². The average molecular weight is 416 g/mol. The van der Waals surface area contributed by atoms with Crippen LogP contribution in [0, 0.1) is 0 Å². The van der Waals surface area contributed by atoms with E-state index in [0.717, 1.165) is 38.4 Å². The van der Waals surface area contributed by atoms with Crippen LogP contribution in [0.4, 0.5) is 5.69 Å². The second kappa shape index (κ2) is 13.6. The van der Waals surface area contributed by atoms with Crippen LogP contribution in [0.3, 0.4) is 0 Å². The average Bonchev–Trinajstić information content (AvgIpc) is 2.50. The molecule has 0 spiro atoms. The van der Waals surface area contributed by atoms with Gasteiger partial charge in [0.2, 0.25) is 5.91 Å². The molecule has 1 amide bonds. The normalized spacial score (nSPS) is 16.0. The fraction of sp³-hybridized carbons (Fsp3) is 0.562. The fourth-order valence-electron chi connectivity index (χ4n) is 2.50. The summed E-state index contributed by atoms with van der Waals surface area (Å²) in [6.45, 7) is 5.47. The lowest BCUT2D eigenvalue weighted by atomic mass is 10.1. The second-order valence-electron chi connectivity index (χ2n) is 5.83. The van der Waals surface area contributed by atoms with E-state index in [-0.39, 0.29) is 49.7 Å². The molecule has 1 aliphatic rings. The summed E-state index contributed by atoms with van der Waals surface area (Å²) in [6.07, 6.45) is 0. The molecule has 0 aromatic heterocycles. The van der Waals surface area contributed by atoms with Crippen molar-refractivity contribution in [1.29, 1.82) is 0 Å². The molecule has 1 aromatic rings. The molecule has 1 saturated heterocycles. The van der Waals surface area contributed by atoms with E-state index >= 15 is 0 Å². The number of methoxy groups -OCH3 is 1. The van der Waals surface area contributed by atoms with Gasteiger partial charge in [-0.2, -0.15) is 0 Å². The molecular formula is C16H29Cl3N4O2. The summed E-state index contributed by atoms with van der Waals surface area (Å²) >= 11 is 0. The Morgan fingerprint density at radius 1 is 1.24 bits per heavy atom. The number of carbonyl (C=O) groups is 1. The summed E-state index contributed by atoms with van der Waals surface area (Å²) in [4.78, 5) is 16.7. The highest BCUT2D eigenvalue weighted by atomic mass is 35.5. The molecule has 1 aliphatic heterocycles. The van der Waals surface area contributed by atoms with Crippen LogP contribution in [0.15, 0.2) is 24.3 Å². The zero-order chi connectivity index (χ0) is 15.9. The molecule has 1 heterocycles. The van der Waals surface area contributed by atoms with Crippen molar-refractivity contribution in [3.8, 4) is 0 Å². The molecule has 3 N–H and O–H groups in total. The number of nitrogens with one attached hydrogen (secondary N) is 1. The van der Waals surface area contributed by atoms with Crippen molar-refractivity contribution < 1.29 is 9.53 Å². The number of amides is 1. The van der Waals surface area contributed by atoms with Gasteiger partial charge in [0, 0.05) is 45.5 Å². The molecule has 0 bridgehead atoms. The van der Waals surface area contributed by atoms with Crippen LogP contribution in [0.5, 0.6) is 0 Å². The Morgan fingerprint density at radius 2 is 1.88 bits per heavy atom. The molecule has 146 valence electrons. The van der Waals surface area contributed by atoms with Crippen LogP contribution in [0.2, 0.25) is 0 Å². The van der Waals surface area contributed by atoms with E-state index in [1.165, 1.54) is 12.7 Å². The Labute approximate surface area is 168 Å². The van der Waals surface area contributed by atoms with Gasteiger partial charge < -0.3 is 20.7 Å². The monoisotopic (exact) mass is 414 g/mol. The molecule has 6 nitrogen and oxygen atoms in total. The minimum absolute atomic E-state index is 0. The quantitative estimate of drug-likeness (QED) is 0.738. The molecule has 25 heavy (non-hydrogen) atoms. The Kier molecular flexibility index (Phi) is 14.5. The first-order chi connectivity index (χ1) is 10.6. The second-order valence-corrected chi connectivity index (χ2v) is 5.83. The van der Waals surface area contributed by atoms with Crippen molar-refractivity contribution in [2.75, 3.05) is 52.3 Å². The Balaban J connectivity index is 0. The van der Waals surface area contributed by atoms with Crippen molar-refractivity contribution >= 4 is 48.8 Å². The van der Waals surface area contributed by atoms with Crippen molar-refractivity contribution in [2.45, 2.75) is 12.6 Å². The minimum atomic E-state index is -0.647. The number of ether oxygens (including phenoxy) is 1. The Hall–Kier alpha value is -0.600. The molecule has 0 radical (unpaired) electrons. The topological polar surface area (TPSA) is 70.8 Å². The van der Waals surface area contributed by atoms with Gasteiger partial charge in [-0.15, -0.1) is 37.2 Å². The highest BCUT2D eigenvalue weighted by molar-refractivity contribution is 5.94. The van der Waals surface area contributed by atoms with Crippen molar-refractivity contribution in [3.05, 3.63) is 29.8 Å². The van der Waals surface area contributed by atoms with Crippen LogP contribution in [-0.4, -0.2) is 68.7 Å². The number of carbonyl (C=O) groups excluding carboxylic acids is 1. The number of rotatable bonds is 6. The summed E-state index contributed by atoms with van der Waals surface area (Å²) < 4.78 is 4.90. The fourth-order valence-corrected chi connectivity index (χ4v) is 2.50. The predicted molar refractivity (Wildman–Crippen MR) is 109 cm³/mol. The number of anilines is 1. The van der Waals surface area contributed by atoms with Gasteiger partial charge in [-0.25, -0.2) is 0 Å². The summed E-state index contributed by atoms with van der Waals surface area (Å²) in [7, 11) is 3.68. The zero-order valence-electron chi connectivity index (χ0n) is 14.6. The lowest BCUT2D eigenvalue weighted by Crippen LogP contribution is -2.43. The summed E-state index contributed by atoms with van der Waals surface area (Å²) in [5.74, 6) is -0.224. The van der Waals surface area contributed by atoms with Gasteiger partial charge in [0.25, 0.3) is 0 Å². The number of hydrogen-bond acceptors (Lipinski definition) is 5. The minimum Gasteiger partial charge on any atom is -0.383 e. The van der Waals surface area contributed by atoms with Crippen molar-refractivity contribution in [1.82, 2.24) is 9.80 Å². The van der Waals surface area contributed by atoms with E-state index in [0.29, 0.717) is 0 Å². The third-order valence-electron chi connectivity index (χ3n) is 3.88. The van der Waals surface area contributed by atoms with E-state index < -0.39 is 6.04 Å². The molecule has 0 saturated carbocycles. The number of piperazine rings is 1. The first-order valence-electron chi connectivity index (χ1n) is 7.63. The van der Waals surface area contributed by atoms with Gasteiger partial charge in [0.1, 0.15) is 6.04 Å². The number of benzene rings is 1. The summed E-state index contributed by atoms with van der Waals surface area (Å²) in [5.41, 5.74) is 7.70. The zero-order valence-corrected chi connectivity index (χ0v) is 17.1. The van der Waals surface area contributed by atoms with Crippen LogP contribution in [0.25, 0.3) is 0 Å². The van der Waals surface area contributed by atoms with Gasteiger partial charge >= 0.3 is 0 Å². The van der Waals surface area contributed by atoms with Crippen LogP contribution >= 0.6 is 37.2 Å². The molecule has 9 heteroatoms. The molecular weight excluding hydrogens is 387 g/mol. The van der Waals surface area contributed by atoms with E-state index in [9.17, 15) is 4.79 Å².